The monoisotopic (exact) mass is 194 g/mol. The highest BCUT2D eigenvalue weighted by atomic mass is 16.1. The van der Waals surface area contributed by atoms with Gasteiger partial charge in [-0.2, -0.15) is 5.10 Å². The lowest BCUT2D eigenvalue weighted by Gasteiger charge is -2.20. The molecule has 1 aliphatic rings. The average Bonchev–Trinajstić information content (AvgIpc) is 2.68. The number of hydrogen-bond donors (Lipinski definition) is 3. The van der Waals surface area contributed by atoms with Crippen LogP contribution in [0.2, 0.25) is 0 Å². The third-order valence-electron chi connectivity index (χ3n) is 2.63. The summed E-state index contributed by atoms with van der Waals surface area (Å²) in [5, 5.41) is 10.0. The second kappa shape index (κ2) is 3.79. The number of aromatic amines is 1. The Balaban J connectivity index is 2.11. The lowest BCUT2D eigenvalue weighted by molar-refractivity contribution is 0.0995. The van der Waals surface area contributed by atoms with Crippen LogP contribution in [0.1, 0.15) is 34.9 Å². The third-order valence-corrected chi connectivity index (χ3v) is 2.63. The Morgan fingerprint density at radius 3 is 2.79 bits per heavy atom. The molecule has 1 aliphatic heterocycles. The highest BCUT2D eigenvalue weighted by molar-refractivity contribution is 5.90. The number of nitrogens with zero attached hydrogens (tertiary/aromatic N) is 1. The maximum absolute atomic E-state index is 10.8. The minimum absolute atomic E-state index is 0.332. The number of carbonyl (C=O) groups is 1. The zero-order valence-corrected chi connectivity index (χ0v) is 7.92. The van der Waals surface area contributed by atoms with Gasteiger partial charge in [0.05, 0.1) is 0 Å². The van der Waals surface area contributed by atoms with Gasteiger partial charge in [-0.25, -0.2) is 0 Å². The molecule has 1 aromatic rings. The molecule has 0 radical (unpaired) electrons. The maximum atomic E-state index is 10.8. The van der Waals surface area contributed by atoms with Crippen LogP contribution >= 0.6 is 0 Å². The van der Waals surface area contributed by atoms with Gasteiger partial charge in [0.15, 0.2) is 0 Å². The Labute approximate surface area is 82.1 Å². The first-order valence-electron chi connectivity index (χ1n) is 4.83. The first-order chi connectivity index (χ1) is 6.77. The summed E-state index contributed by atoms with van der Waals surface area (Å²) in [4.78, 5) is 10.8. The molecule has 4 N–H and O–H groups in total. The van der Waals surface area contributed by atoms with E-state index in [9.17, 15) is 4.79 Å². The summed E-state index contributed by atoms with van der Waals surface area (Å²) < 4.78 is 0. The molecule has 1 fully saturated rings. The molecule has 5 nitrogen and oxygen atoms in total. The molecule has 0 aromatic carbocycles. The summed E-state index contributed by atoms with van der Waals surface area (Å²) in [6, 6.07) is 1.76. The van der Waals surface area contributed by atoms with Crippen LogP contribution in [0.15, 0.2) is 6.07 Å². The fraction of sp³-hybridized carbons (Fsp3) is 0.556. The van der Waals surface area contributed by atoms with Crippen LogP contribution < -0.4 is 11.1 Å². The molecule has 14 heavy (non-hydrogen) atoms. The van der Waals surface area contributed by atoms with Gasteiger partial charge in [-0.1, -0.05) is 0 Å². The van der Waals surface area contributed by atoms with Crippen LogP contribution in [0.25, 0.3) is 0 Å². The zero-order chi connectivity index (χ0) is 9.97. The molecule has 1 saturated heterocycles. The van der Waals surface area contributed by atoms with Crippen molar-refractivity contribution in [3.05, 3.63) is 17.5 Å². The fourth-order valence-electron chi connectivity index (χ4n) is 1.80. The molecular weight excluding hydrogens is 180 g/mol. The molecule has 1 amide bonds. The molecule has 76 valence electrons. The summed E-state index contributed by atoms with van der Waals surface area (Å²) >= 11 is 0. The van der Waals surface area contributed by atoms with E-state index in [1.807, 2.05) is 0 Å². The van der Waals surface area contributed by atoms with Crippen LogP contribution in [0.3, 0.4) is 0 Å². The topological polar surface area (TPSA) is 83.8 Å². The van der Waals surface area contributed by atoms with Crippen LogP contribution in [-0.2, 0) is 0 Å². The quantitative estimate of drug-likeness (QED) is 0.618. The minimum Gasteiger partial charge on any atom is -0.364 e. The van der Waals surface area contributed by atoms with E-state index in [4.69, 9.17) is 5.73 Å². The van der Waals surface area contributed by atoms with Crippen molar-refractivity contribution in [1.82, 2.24) is 15.5 Å². The summed E-state index contributed by atoms with van der Waals surface area (Å²) in [5.74, 6) is 0.0123. The van der Waals surface area contributed by atoms with Crippen LogP contribution in [0.4, 0.5) is 0 Å². The van der Waals surface area contributed by atoms with Gasteiger partial charge >= 0.3 is 0 Å². The number of hydrogen-bond acceptors (Lipinski definition) is 3. The molecule has 0 saturated carbocycles. The first-order valence-corrected chi connectivity index (χ1v) is 4.83. The number of nitrogens with two attached hydrogens (primary N) is 1. The Bertz CT molecular complexity index is 327. The van der Waals surface area contributed by atoms with Crippen molar-refractivity contribution in [3.63, 3.8) is 0 Å². The van der Waals surface area contributed by atoms with Gasteiger partial charge in [0.25, 0.3) is 5.91 Å². The van der Waals surface area contributed by atoms with Crippen LogP contribution in [0.5, 0.6) is 0 Å². The van der Waals surface area contributed by atoms with Crippen molar-refractivity contribution in [3.8, 4) is 0 Å². The van der Waals surface area contributed by atoms with Gasteiger partial charge in [-0.3, -0.25) is 9.89 Å². The molecule has 0 spiro atoms. The first kappa shape index (κ1) is 9.21. The SMILES string of the molecule is NC(=O)c1cc(C2CCNCC2)[nH]n1. The Hall–Kier alpha value is -1.36. The number of piperidine rings is 1. The zero-order valence-electron chi connectivity index (χ0n) is 7.92. The van der Waals surface area contributed by atoms with E-state index in [0.29, 0.717) is 11.6 Å². The lowest BCUT2D eigenvalue weighted by atomic mass is 9.94. The number of nitrogens with one attached hydrogen (secondary N) is 2. The smallest absolute Gasteiger partial charge is 0.269 e. The van der Waals surface area contributed by atoms with E-state index < -0.39 is 5.91 Å². The predicted molar refractivity (Wildman–Crippen MR) is 52.0 cm³/mol. The maximum Gasteiger partial charge on any atom is 0.269 e. The van der Waals surface area contributed by atoms with E-state index in [1.54, 1.807) is 6.07 Å². The Morgan fingerprint density at radius 1 is 1.50 bits per heavy atom. The van der Waals surface area contributed by atoms with Gasteiger partial charge < -0.3 is 11.1 Å². The van der Waals surface area contributed by atoms with Gasteiger partial charge in [-0.05, 0) is 32.0 Å². The largest absolute Gasteiger partial charge is 0.364 e. The molecule has 0 unspecified atom stereocenters. The van der Waals surface area contributed by atoms with E-state index in [-0.39, 0.29) is 0 Å². The standard InChI is InChI=1S/C9H14N4O/c10-9(14)8-5-7(12-13-8)6-1-3-11-4-2-6/h5-6,11H,1-4H2,(H2,10,14)(H,12,13). The second-order valence-electron chi connectivity index (χ2n) is 3.60. The summed E-state index contributed by atoms with van der Waals surface area (Å²) in [5.41, 5.74) is 6.48. The highest BCUT2D eigenvalue weighted by Crippen LogP contribution is 2.23. The van der Waals surface area contributed by atoms with E-state index >= 15 is 0 Å². The van der Waals surface area contributed by atoms with Crippen molar-refractivity contribution < 1.29 is 4.79 Å². The molecule has 5 heteroatoms. The van der Waals surface area contributed by atoms with Gasteiger partial charge in [0, 0.05) is 11.6 Å². The highest BCUT2D eigenvalue weighted by Gasteiger charge is 2.18. The Kier molecular flexibility index (Phi) is 2.49. The molecule has 2 rings (SSSR count). The Morgan fingerprint density at radius 2 is 2.21 bits per heavy atom. The van der Waals surface area contributed by atoms with Crippen molar-refractivity contribution in [2.75, 3.05) is 13.1 Å². The summed E-state index contributed by atoms with van der Waals surface area (Å²) in [6.45, 7) is 2.05. The van der Waals surface area contributed by atoms with Crippen molar-refractivity contribution in [2.24, 2.45) is 5.73 Å². The van der Waals surface area contributed by atoms with Crippen LogP contribution in [0, 0.1) is 0 Å². The summed E-state index contributed by atoms with van der Waals surface area (Å²) in [6.07, 6.45) is 2.17. The normalized spacial score (nSPS) is 18.3. The number of amides is 1. The number of rotatable bonds is 2. The van der Waals surface area contributed by atoms with Gasteiger partial charge in [0.1, 0.15) is 5.69 Å². The third kappa shape index (κ3) is 1.77. The van der Waals surface area contributed by atoms with Crippen molar-refractivity contribution in [2.45, 2.75) is 18.8 Å². The molecule has 1 aromatic heterocycles. The minimum atomic E-state index is -0.471. The molecule has 2 heterocycles. The summed E-state index contributed by atoms with van der Waals surface area (Å²) in [7, 11) is 0. The van der Waals surface area contributed by atoms with Crippen LogP contribution in [-0.4, -0.2) is 29.2 Å². The molecule has 0 bridgehead atoms. The number of H-pyrrole nitrogens is 1. The second-order valence-corrected chi connectivity index (χ2v) is 3.60. The van der Waals surface area contributed by atoms with Gasteiger partial charge in [0.2, 0.25) is 0 Å². The van der Waals surface area contributed by atoms with Gasteiger partial charge in [-0.15, -0.1) is 0 Å². The average molecular weight is 194 g/mol. The number of aromatic nitrogens is 2. The van der Waals surface area contributed by atoms with E-state index in [0.717, 1.165) is 31.6 Å². The number of primary amides is 1. The van der Waals surface area contributed by atoms with E-state index in [2.05, 4.69) is 15.5 Å². The molecule has 0 atom stereocenters. The predicted octanol–water partition coefficient (Wildman–Crippen LogP) is -0.0244. The lowest BCUT2D eigenvalue weighted by Crippen LogP contribution is -2.26. The molecular formula is C9H14N4O. The van der Waals surface area contributed by atoms with Crippen molar-refractivity contribution >= 4 is 5.91 Å². The molecule has 0 aliphatic carbocycles. The van der Waals surface area contributed by atoms with E-state index in [1.165, 1.54) is 0 Å². The van der Waals surface area contributed by atoms with Crippen molar-refractivity contribution in [1.29, 1.82) is 0 Å². The fourth-order valence-corrected chi connectivity index (χ4v) is 1.80. The number of carbonyl (C=O) groups excluding carboxylic acids is 1.